The van der Waals surface area contributed by atoms with E-state index in [2.05, 4.69) is 38.0 Å². The van der Waals surface area contributed by atoms with Crippen LogP contribution in [-0.4, -0.2) is 62.7 Å². The predicted molar refractivity (Wildman–Crippen MR) is 108 cm³/mol. The summed E-state index contributed by atoms with van der Waals surface area (Å²) < 4.78 is 16.6. The lowest BCUT2D eigenvalue weighted by Crippen LogP contribution is -2.48. The van der Waals surface area contributed by atoms with E-state index < -0.39 is 0 Å². The summed E-state index contributed by atoms with van der Waals surface area (Å²) >= 11 is 1.66. The molecule has 0 bridgehead atoms. The molecule has 1 unspecified atom stereocenters. The van der Waals surface area contributed by atoms with Gasteiger partial charge in [-0.2, -0.15) is 0 Å². The second kappa shape index (κ2) is 8.72. The Kier molecular flexibility index (Phi) is 5.90. The molecule has 4 rings (SSSR count). The maximum atomic E-state index is 14.8. The molecule has 0 saturated carbocycles. The Morgan fingerprint density at radius 3 is 2.68 bits per heavy atom. The van der Waals surface area contributed by atoms with E-state index in [1.807, 2.05) is 29.7 Å². The highest BCUT2D eigenvalue weighted by atomic mass is 32.1. The minimum absolute atomic E-state index is 0.230. The first kappa shape index (κ1) is 18.9. The lowest BCUT2D eigenvalue weighted by Gasteiger charge is -2.38. The molecule has 1 aliphatic rings. The van der Waals surface area contributed by atoms with Crippen molar-refractivity contribution in [3.05, 3.63) is 76.5 Å². The lowest BCUT2D eigenvalue weighted by molar-refractivity contribution is 0.111. The highest BCUT2D eigenvalue weighted by molar-refractivity contribution is 7.09. The number of hydrogen-bond acceptors (Lipinski definition) is 6. The van der Waals surface area contributed by atoms with Gasteiger partial charge >= 0.3 is 0 Å². The molecule has 6 nitrogen and oxygen atoms in total. The fraction of sp³-hybridized carbons (Fsp3) is 0.350. The van der Waals surface area contributed by atoms with Crippen LogP contribution in [0.15, 0.2) is 54.4 Å². The zero-order valence-corrected chi connectivity index (χ0v) is 16.4. The number of hydrogen-bond donors (Lipinski definition) is 0. The second-order valence-electron chi connectivity index (χ2n) is 6.82. The summed E-state index contributed by atoms with van der Waals surface area (Å²) in [5.41, 5.74) is 0.613. The zero-order chi connectivity index (χ0) is 19.3. The molecule has 146 valence electrons. The number of aromatic nitrogens is 4. The van der Waals surface area contributed by atoms with Gasteiger partial charge in [0.25, 0.3) is 0 Å². The number of halogens is 1. The summed E-state index contributed by atoms with van der Waals surface area (Å²) in [5, 5.41) is 14.5. The van der Waals surface area contributed by atoms with Crippen molar-refractivity contribution in [1.29, 1.82) is 0 Å². The van der Waals surface area contributed by atoms with Crippen LogP contribution >= 0.6 is 11.3 Å². The molecular weight excluding hydrogens is 375 g/mol. The molecule has 0 aliphatic carbocycles. The van der Waals surface area contributed by atoms with Crippen molar-refractivity contribution in [2.24, 2.45) is 0 Å². The highest BCUT2D eigenvalue weighted by Gasteiger charge is 2.32. The van der Waals surface area contributed by atoms with Crippen molar-refractivity contribution >= 4 is 11.3 Å². The molecule has 0 amide bonds. The Hall–Kier alpha value is -2.42. The molecule has 1 aliphatic heterocycles. The third kappa shape index (κ3) is 4.04. The van der Waals surface area contributed by atoms with Crippen molar-refractivity contribution in [1.82, 2.24) is 30.0 Å². The maximum Gasteiger partial charge on any atom is 0.173 e. The molecule has 1 atom stereocenters. The Morgan fingerprint density at radius 1 is 1.14 bits per heavy atom. The summed E-state index contributed by atoms with van der Waals surface area (Å²) in [4.78, 5) is 5.78. The first-order valence-electron chi connectivity index (χ1n) is 9.36. The van der Waals surface area contributed by atoms with Crippen LogP contribution in [0.25, 0.3) is 0 Å². The Labute approximate surface area is 167 Å². The largest absolute Gasteiger partial charge is 0.297 e. The molecule has 0 spiro atoms. The van der Waals surface area contributed by atoms with Crippen LogP contribution in [0.4, 0.5) is 4.39 Å². The van der Waals surface area contributed by atoms with Crippen molar-refractivity contribution in [3.8, 4) is 0 Å². The van der Waals surface area contributed by atoms with Crippen LogP contribution in [-0.2, 0) is 6.54 Å². The smallest absolute Gasteiger partial charge is 0.173 e. The van der Waals surface area contributed by atoms with Gasteiger partial charge in [0.05, 0.1) is 6.54 Å². The maximum absolute atomic E-state index is 14.8. The van der Waals surface area contributed by atoms with E-state index in [4.69, 9.17) is 0 Å². The number of nitrogens with zero attached hydrogens (tertiary/aromatic N) is 6. The minimum atomic E-state index is -0.318. The van der Waals surface area contributed by atoms with Gasteiger partial charge in [0.2, 0.25) is 0 Å². The molecule has 28 heavy (non-hydrogen) atoms. The highest BCUT2D eigenvalue weighted by Crippen LogP contribution is 2.30. The van der Waals surface area contributed by atoms with Gasteiger partial charge in [-0.15, -0.1) is 23.0 Å². The van der Waals surface area contributed by atoms with Gasteiger partial charge in [0.15, 0.2) is 5.82 Å². The van der Waals surface area contributed by atoms with Crippen molar-refractivity contribution in [2.45, 2.75) is 12.6 Å². The van der Waals surface area contributed by atoms with E-state index >= 15 is 0 Å². The molecule has 1 fully saturated rings. The average molecular weight is 399 g/mol. The molecule has 8 heteroatoms. The normalized spacial score (nSPS) is 16.9. The molecule has 1 saturated heterocycles. The number of piperazine rings is 1. The minimum Gasteiger partial charge on any atom is -0.297 e. The second-order valence-corrected chi connectivity index (χ2v) is 7.86. The SMILES string of the molecule is C=CCN1CCN(C(c2ccccc2F)c2nnnn2Cc2cccs2)CC1. The summed E-state index contributed by atoms with van der Waals surface area (Å²) in [6, 6.07) is 10.7. The van der Waals surface area contributed by atoms with Crippen LogP contribution in [0.3, 0.4) is 0 Å². The molecule has 0 radical (unpaired) electrons. The van der Waals surface area contributed by atoms with Crippen molar-refractivity contribution in [2.75, 3.05) is 32.7 Å². The van der Waals surface area contributed by atoms with Crippen LogP contribution in [0.2, 0.25) is 0 Å². The fourth-order valence-electron chi connectivity index (χ4n) is 3.65. The van der Waals surface area contributed by atoms with Gasteiger partial charge in [-0.3, -0.25) is 9.80 Å². The first-order valence-corrected chi connectivity index (χ1v) is 10.2. The summed E-state index contributed by atoms with van der Waals surface area (Å²) in [5.74, 6) is 0.447. The number of rotatable bonds is 7. The standard InChI is InChI=1S/C20H23FN6S/c1-2-9-25-10-12-26(13-11-25)19(17-7-3-4-8-18(17)21)20-22-23-24-27(20)15-16-6-5-14-28-16/h2-8,14,19H,1,9-13,15H2. The van der Waals surface area contributed by atoms with Gasteiger partial charge < -0.3 is 0 Å². The average Bonchev–Trinajstić information content (AvgIpc) is 3.38. The summed E-state index contributed by atoms with van der Waals surface area (Å²) in [6.07, 6.45) is 1.92. The van der Waals surface area contributed by atoms with Crippen molar-refractivity contribution in [3.63, 3.8) is 0 Å². The number of benzene rings is 1. The lowest BCUT2D eigenvalue weighted by atomic mass is 10.0. The molecule has 1 aromatic carbocycles. The van der Waals surface area contributed by atoms with E-state index in [-0.39, 0.29) is 11.9 Å². The van der Waals surface area contributed by atoms with E-state index in [9.17, 15) is 4.39 Å². The van der Waals surface area contributed by atoms with E-state index in [0.717, 1.165) is 37.6 Å². The van der Waals surface area contributed by atoms with Crippen LogP contribution in [0.1, 0.15) is 22.3 Å². The van der Waals surface area contributed by atoms with E-state index in [0.29, 0.717) is 17.9 Å². The van der Waals surface area contributed by atoms with Gasteiger partial charge in [0.1, 0.15) is 11.9 Å². The third-order valence-corrected chi connectivity index (χ3v) is 5.91. The summed E-state index contributed by atoms with van der Waals surface area (Å²) in [6.45, 7) is 8.72. The quantitative estimate of drug-likeness (QED) is 0.573. The Balaban J connectivity index is 1.66. The first-order chi connectivity index (χ1) is 13.8. The van der Waals surface area contributed by atoms with Gasteiger partial charge in [-0.05, 0) is 27.9 Å². The molecule has 0 N–H and O–H groups in total. The molecule has 2 aromatic heterocycles. The van der Waals surface area contributed by atoms with Gasteiger partial charge in [-0.25, -0.2) is 9.07 Å². The van der Waals surface area contributed by atoms with Crippen LogP contribution in [0, 0.1) is 5.82 Å². The zero-order valence-electron chi connectivity index (χ0n) is 15.6. The number of thiophene rings is 1. The Morgan fingerprint density at radius 2 is 1.96 bits per heavy atom. The summed E-state index contributed by atoms with van der Waals surface area (Å²) in [7, 11) is 0. The van der Waals surface area contributed by atoms with E-state index in [1.165, 1.54) is 6.07 Å². The Bertz CT molecular complexity index is 901. The van der Waals surface area contributed by atoms with E-state index in [1.54, 1.807) is 22.1 Å². The number of tetrazole rings is 1. The molecule has 3 aromatic rings. The molecular formula is C20H23FN6S. The van der Waals surface area contributed by atoms with Crippen molar-refractivity contribution < 1.29 is 4.39 Å². The predicted octanol–water partition coefficient (Wildman–Crippen LogP) is 2.82. The van der Waals surface area contributed by atoms with Crippen LogP contribution < -0.4 is 0 Å². The van der Waals surface area contributed by atoms with Crippen LogP contribution in [0.5, 0.6) is 0 Å². The molecule has 3 heterocycles. The third-order valence-electron chi connectivity index (χ3n) is 5.05. The fourth-order valence-corrected chi connectivity index (χ4v) is 4.34. The van der Waals surface area contributed by atoms with Gasteiger partial charge in [-0.1, -0.05) is 30.3 Å². The monoisotopic (exact) mass is 398 g/mol. The topological polar surface area (TPSA) is 50.1 Å². The van der Waals surface area contributed by atoms with Gasteiger partial charge in [0, 0.05) is 43.2 Å².